The van der Waals surface area contributed by atoms with Gasteiger partial charge in [-0.15, -0.1) is 11.8 Å². The molecule has 1 amide bonds. The molecule has 26 heavy (non-hydrogen) atoms. The number of furan rings is 1. The smallest absolute Gasteiger partial charge is 0.327 e. The Balaban J connectivity index is 2.09. The Morgan fingerprint density at radius 2 is 1.88 bits per heavy atom. The number of amides is 1. The lowest BCUT2D eigenvalue weighted by Gasteiger charge is -2.18. The van der Waals surface area contributed by atoms with Gasteiger partial charge in [0.2, 0.25) is 5.91 Å². The molecule has 2 N–H and O–H groups in total. The van der Waals surface area contributed by atoms with Crippen LogP contribution in [-0.2, 0) is 9.59 Å². The molecular weight excluding hydrogens is 354 g/mol. The summed E-state index contributed by atoms with van der Waals surface area (Å²) in [5.41, 5.74) is 1.67. The SMILES string of the molecule is CC(=O)N[C@H](CS[C@H](CC(=O)c1ccc(C)cc1)c1ccco1)C(=O)O. The van der Waals surface area contributed by atoms with Crippen LogP contribution in [0.15, 0.2) is 47.1 Å². The van der Waals surface area contributed by atoms with Gasteiger partial charge in [-0.05, 0) is 19.1 Å². The number of carbonyl (C=O) groups is 3. The average molecular weight is 375 g/mol. The van der Waals surface area contributed by atoms with Gasteiger partial charge >= 0.3 is 5.97 Å². The number of aliphatic carboxylic acids is 1. The molecule has 2 atom stereocenters. The fourth-order valence-electron chi connectivity index (χ4n) is 2.37. The lowest BCUT2D eigenvalue weighted by molar-refractivity contribution is -0.140. The third-order valence-electron chi connectivity index (χ3n) is 3.74. The highest BCUT2D eigenvalue weighted by atomic mass is 32.2. The molecule has 0 saturated carbocycles. The van der Waals surface area contributed by atoms with Gasteiger partial charge in [-0.1, -0.05) is 29.8 Å². The van der Waals surface area contributed by atoms with Gasteiger partial charge in [-0.25, -0.2) is 4.79 Å². The van der Waals surface area contributed by atoms with Crippen LogP contribution in [0.4, 0.5) is 0 Å². The van der Waals surface area contributed by atoms with E-state index in [1.54, 1.807) is 24.3 Å². The van der Waals surface area contributed by atoms with E-state index in [0.29, 0.717) is 11.3 Å². The summed E-state index contributed by atoms with van der Waals surface area (Å²) in [5.74, 6) is -0.853. The Morgan fingerprint density at radius 1 is 1.19 bits per heavy atom. The monoisotopic (exact) mass is 375 g/mol. The van der Waals surface area contributed by atoms with E-state index in [1.165, 1.54) is 24.9 Å². The van der Waals surface area contributed by atoms with E-state index in [2.05, 4.69) is 5.32 Å². The fourth-order valence-corrected chi connectivity index (χ4v) is 3.59. The van der Waals surface area contributed by atoms with Crippen molar-refractivity contribution in [3.63, 3.8) is 0 Å². The molecule has 0 unspecified atom stereocenters. The molecule has 0 fully saturated rings. The highest BCUT2D eigenvalue weighted by Gasteiger charge is 2.25. The van der Waals surface area contributed by atoms with Crippen molar-refractivity contribution in [1.82, 2.24) is 5.32 Å². The van der Waals surface area contributed by atoms with Crippen LogP contribution in [0.2, 0.25) is 0 Å². The molecule has 7 heteroatoms. The maximum Gasteiger partial charge on any atom is 0.327 e. The van der Waals surface area contributed by atoms with Crippen LogP contribution < -0.4 is 5.32 Å². The lowest BCUT2D eigenvalue weighted by Crippen LogP contribution is -2.41. The first kappa shape index (κ1) is 19.8. The normalized spacial score (nSPS) is 13.0. The van der Waals surface area contributed by atoms with E-state index in [9.17, 15) is 19.5 Å². The topological polar surface area (TPSA) is 96.6 Å². The molecule has 138 valence electrons. The van der Waals surface area contributed by atoms with Gasteiger partial charge in [0.15, 0.2) is 5.78 Å². The Labute approximate surface area is 156 Å². The molecule has 0 aliphatic heterocycles. The molecule has 2 aromatic rings. The molecule has 1 heterocycles. The third-order valence-corrected chi connectivity index (χ3v) is 5.07. The molecule has 0 spiro atoms. The summed E-state index contributed by atoms with van der Waals surface area (Å²) < 4.78 is 5.42. The van der Waals surface area contributed by atoms with E-state index < -0.39 is 17.9 Å². The second-order valence-electron chi connectivity index (χ2n) is 5.92. The van der Waals surface area contributed by atoms with Crippen molar-refractivity contribution in [2.45, 2.75) is 31.6 Å². The summed E-state index contributed by atoms with van der Waals surface area (Å²) in [7, 11) is 0. The van der Waals surface area contributed by atoms with E-state index in [4.69, 9.17) is 4.42 Å². The minimum Gasteiger partial charge on any atom is -0.480 e. The maximum atomic E-state index is 12.6. The van der Waals surface area contributed by atoms with Crippen molar-refractivity contribution >= 4 is 29.4 Å². The number of Topliss-reactive ketones (excluding diaryl/α,β-unsaturated/α-hetero) is 1. The van der Waals surface area contributed by atoms with Crippen LogP contribution >= 0.6 is 11.8 Å². The molecular formula is C19H21NO5S. The maximum absolute atomic E-state index is 12.6. The molecule has 1 aromatic carbocycles. The number of nitrogens with one attached hydrogen (secondary N) is 1. The summed E-state index contributed by atoms with van der Waals surface area (Å²) in [4.78, 5) is 35.0. The van der Waals surface area contributed by atoms with Crippen LogP contribution in [0.25, 0.3) is 0 Å². The largest absolute Gasteiger partial charge is 0.480 e. The van der Waals surface area contributed by atoms with Crippen molar-refractivity contribution in [2.24, 2.45) is 0 Å². The Hall–Kier alpha value is -2.54. The summed E-state index contributed by atoms with van der Waals surface area (Å²) in [6, 6.07) is 9.76. The number of carbonyl (C=O) groups excluding carboxylic acids is 2. The number of rotatable bonds is 9. The zero-order valence-electron chi connectivity index (χ0n) is 14.6. The summed E-state index contributed by atoms with van der Waals surface area (Å²) in [6.45, 7) is 3.22. The van der Waals surface area contributed by atoms with Crippen molar-refractivity contribution in [3.8, 4) is 0 Å². The van der Waals surface area contributed by atoms with Gasteiger partial charge in [0, 0.05) is 24.7 Å². The lowest BCUT2D eigenvalue weighted by atomic mass is 10.0. The first-order chi connectivity index (χ1) is 12.4. The van der Waals surface area contributed by atoms with Crippen molar-refractivity contribution in [2.75, 3.05) is 5.75 Å². The number of hydrogen-bond acceptors (Lipinski definition) is 5. The number of thioether (sulfide) groups is 1. The number of carboxylic acids is 1. The zero-order valence-corrected chi connectivity index (χ0v) is 15.4. The Bertz CT molecular complexity index is 755. The summed E-state index contributed by atoms with van der Waals surface area (Å²) >= 11 is 1.27. The van der Waals surface area contributed by atoms with Crippen LogP contribution in [0, 0.1) is 6.92 Å². The van der Waals surface area contributed by atoms with Gasteiger partial charge in [0.25, 0.3) is 0 Å². The van der Waals surface area contributed by atoms with Gasteiger partial charge in [-0.3, -0.25) is 9.59 Å². The van der Waals surface area contributed by atoms with Crippen molar-refractivity contribution < 1.29 is 23.9 Å². The Kier molecular flexibility index (Phi) is 7.03. The summed E-state index contributed by atoms with van der Waals surface area (Å²) in [5, 5.41) is 11.3. The first-order valence-electron chi connectivity index (χ1n) is 8.11. The second-order valence-corrected chi connectivity index (χ2v) is 7.16. The molecule has 6 nitrogen and oxygen atoms in total. The van der Waals surface area contributed by atoms with Crippen LogP contribution in [0.3, 0.4) is 0 Å². The molecule has 0 bridgehead atoms. The van der Waals surface area contributed by atoms with E-state index >= 15 is 0 Å². The van der Waals surface area contributed by atoms with E-state index in [1.807, 2.05) is 19.1 Å². The van der Waals surface area contributed by atoms with Crippen LogP contribution in [0.1, 0.15) is 40.3 Å². The molecule has 2 rings (SSSR count). The highest BCUT2D eigenvalue weighted by Crippen LogP contribution is 2.34. The van der Waals surface area contributed by atoms with E-state index in [0.717, 1.165) is 5.56 Å². The molecule has 0 saturated heterocycles. The number of carboxylic acid groups (broad SMARTS) is 1. The van der Waals surface area contributed by atoms with Gasteiger partial charge < -0.3 is 14.8 Å². The Morgan fingerprint density at radius 3 is 2.42 bits per heavy atom. The quantitative estimate of drug-likeness (QED) is 0.653. The number of ketones is 1. The van der Waals surface area contributed by atoms with Gasteiger partial charge in [-0.2, -0.15) is 0 Å². The van der Waals surface area contributed by atoms with Crippen molar-refractivity contribution in [1.29, 1.82) is 0 Å². The molecule has 1 aromatic heterocycles. The molecule has 0 aliphatic rings. The van der Waals surface area contributed by atoms with Crippen molar-refractivity contribution in [3.05, 3.63) is 59.5 Å². The number of benzene rings is 1. The van der Waals surface area contributed by atoms with Gasteiger partial charge in [0.05, 0.1) is 11.5 Å². The zero-order chi connectivity index (χ0) is 19.1. The summed E-state index contributed by atoms with van der Waals surface area (Å²) in [6.07, 6.45) is 1.69. The number of aryl methyl sites for hydroxylation is 1. The van der Waals surface area contributed by atoms with Gasteiger partial charge in [0.1, 0.15) is 11.8 Å². The standard InChI is InChI=1S/C19H21NO5S/c1-12-5-7-14(8-6-12)16(22)10-18(17-4-3-9-25-17)26-11-15(19(23)24)20-13(2)21/h3-9,15,18H,10-11H2,1-2H3,(H,20,21)(H,23,24)/t15-,18-/m1/s1. The minimum absolute atomic E-state index is 0.0506. The average Bonchev–Trinajstić information content (AvgIpc) is 3.11. The molecule has 0 radical (unpaired) electrons. The van der Waals surface area contributed by atoms with Crippen LogP contribution in [-0.4, -0.2) is 34.6 Å². The number of hydrogen-bond donors (Lipinski definition) is 2. The highest BCUT2D eigenvalue weighted by molar-refractivity contribution is 7.99. The predicted octanol–water partition coefficient (Wildman–Crippen LogP) is 3.22. The molecule has 0 aliphatic carbocycles. The van der Waals surface area contributed by atoms with E-state index in [-0.39, 0.29) is 23.2 Å². The second kappa shape index (κ2) is 9.24. The van der Waals surface area contributed by atoms with Crippen LogP contribution in [0.5, 0.6) is 0 Å². The fraction of sp³-hybridized carbons (Fsp3) is 0.316. The third kappa shape index (κ3) is 5.77. The predicted molar refractivity (Wildman–Crippen MR) is 99.3 cm³/mol. The minimum atomic E-state index is -1.12. The first-order valence-corrected chi connectivity index (χ1v) is 9.16.